The first-order valence-corrected chi connectivity index (χ1v) is 7.47. The van der Waals surface area contributed by atoms with Crippen LogP contribution in [0.2, 0.25) is 5.02 Å². The number of hydrogen-bond donors (Lipinski definition) is 2. The van der Waals surface area contributed by atoms with E-state index in [1.165, 1.54) is 12.1 Å². The zero-order chi connectivity index (χ0) is 15.9. The Morgan fingerprint density at radius 3 is 2.64 bits per heavy atom. The molecule has 2 N–H and O–H groups in total. The molecular weight excluding hydrogens is 305 g/mol. The SMILES string of the molecule is C[C@@H](O)CNCc1cc(Cl)ccc1OCc1ccc(F)cc1. The highest BCUT2D eigenvalue weighted by molar-refractivity contribution is 6.30. The fraction of sp³-hybridized carbons (Fsp3) is 0.294. The Labute approximate surface area is 134 Å². The second-order valence-electron chi connectivity index (χ2n) is 5.15. The molecule has 5 heteroatoms. The Balaban J connectivity index is 2.01. The quantitative estimate of drug-likeness (QED) is 0.819. The molecular formula is C17H19ClFNO2. The first-order valence-electron chi connectivity index (χ1n) is 7.09. The van der Waals surface area contributed by atoms with Gasteiger partial charge in [0.15, 0.2) is 0 Å². The number of aliphatic hydroxyl groups excluding tert-OH is 1. The van der Waals surface area contributed by atoms with Crippen molar-refractivity contribution in [1.29, 1.82) is 0 Å². The molecule has 2 aromatic rings. The maximum absolute atomic E-state index is 12.9. The molecule has 0 saturated carbocycles. The normalized spacial score (nSPS) is 12.2. The second-order valence-corrected chi connectivity index (χ2v) is 5.58. The summed E-state index contributed by atoms with van der Waals surface area (Å²) in [4.78, 5) is 0. The van der Waals surface area contributed by atoms with Crippen LogP contribution in [0.3, 0.4) is 0 Å². The van der Waals surface area contributed by atoms with Gasteiger partial charge in [-0.05, 0) is 42.8 Å². The van der Waals surface area contributed by atoms with Crippen molar-refractivity contribution in [3.63, 3.8) is 0 Å². The molecule has 0 bridgehead atoms. The number of ether oxygens (including phenoxy) is 1. The summed E-state index contributed by atoms with van der Waals surface area (Å²) in [6.45, 7) is 3.11. The standard InChI is InChI=1S/C17H19ClFNO2/c1-12(21)9-20-10-14-8-15(18)4-7-17(14)22-11-13-2-5-16(19)6-3-13/h2-8,12,20-21H,9-11H2,1H3/t12-/m1/s1. The third kappa shape index (κ3) is 5.30. The Morgan fingerprint density at radius 2 is 1.95 bits per heavy atom. The molecule has 0 unspecified atom stereocenters. The van der Waals surface area contributed by atoms with E-state index >= 15 is 0 Å². The third-order valence-corrected chi connectivity index (χ3v) is 3.32. The summed E-state index contributed by atoms with van der Waals surface area (Å²) < 4.78 is 18.7. The molecule has 118 valence electrons. The van der Waals surface area contributed by atoms with Gasteiger partial charge in [0, 0.05) is 23.7 Å². The van der Waals surface area contributed by atoms with Crippen molar-refractivity contribution >= 4 is 11.6 Å². The van der Waals surface area contributed by atoms with Crippen LogP contribution in [0.4, 0.5) is 4.39 Å². The maximum Gasteiger partial charge on any atom is 0.124 e. The van der Waals surface area contributed by atoms with Gasteiger partial charge < -0.3 is 15.2 Å². The number of rotatable bonds is 7. The molecule has 0 amide bonds. The molecule has 2 aromatic carbocycles. The molecule has 0 heterocycles. The zero-order valence-electron chi connectivity index (χ0n) is 12.4. The van der Waals surface area contributed by atoms with Crippen LogP contribution >= 0.6 is 11.6 Å². The monoisotopic (exact) mass is 323 g/mol. The third-order valence-electron chi connectivity index (χ3n) is 3.09. The topological polar surface area (TPSA) is 41.5 Å². The second kappa shape index (κ2) is 8.13. The van der Waals surface area contributed by atoms with Crippen molar-refractivity contribution in [3.8, 4) is 5.75 Å². The average molecular weight is 324 g/mol. The van der Waals surface area contributed by atoms with E-state index in [-0.39, 0.29) is 5.82 Å². The molecule has 0 aliphatic heterocycles. The van der Waals surface area contributed by atoms with Crippen LogP contribution in [-0.4, -0.2) is 17.8 Å². The molecule has 0 fully saturated rings. The van der Waals surface area contributed by atoms with Crippen molar-refractivity contribution in [2.75, 3.05) is 6.54 Å². The van der Waals surface area contributed by atoms with E-state index in [0.29, 0.717) is 30.5 Å². The molecule has 2 rings (SSSR count). The molecule has 3 nitrogen and oxygen atoms in total. The van der Waals surface area contributed by atoms with Gasteiger partial charge in [0.1, 0.15) is 18.2 Å². The van der Waals surface area contributed by atoms with Crippen LogP contribution in [-0.2, 0) is 13.2 Å². The van der Waals surface area contributed by atoms with Crippen LogP contribution in [0, 0.1) is 5.82 Å². The number of halogens is 2. The van der Waals surface area contributed by atoms with Gasteiger partial charge in [-0.3, -0.25) is 0 Å². The molecule has 0 aromatic heterocycles. The summed E-state index contributed by atoms with van der Waals surface area (Å²) in [5, 5.41) is 13.0. The van der Waals surface area contributed by atoms with Gasteiger partial charge in [-0.2, -0.15) is 0 Å². The van der Waals surface area contributed by atoms with Crippen LogP contribution < -0.4 is 10.1 Å². The molecule has 0 saturated heterocycles. The highest BCUT2D eigenvalue weighted by Gasteiger charge is 2.06. The highest BCUT2D eigenvalue weighted by Crippen LogP contribution is 2.24. The van der Waals surface area contributed by atoms with Crippen LogP contribution in [0.25, 0.3) is 0 Å². The van der Waals surface area contributed by atoms with Crippen molar-refractivity contribution in [2.45, 2.75) is 26.2 Å². The number of nitrogens with one attached hydrogen (secondary N) is 1. The summed E-state index contributed by atoms with van der Waals surface area (Å²) in [7, 11) is 0. The van der Waals surface area contributed by atoms with Crippen molar-refractivity contribution in [3.05, 3.63) is 64.4 Å². The van der Waals surface area contributed by atoms with Gasteiger partial charge in [0.2, 0.25) is 0 Å². The fourth-order valence-electron chi connectivity index (χ4n) is 1.98. The molecule has 0 radical (unpaired) electrons. The fourth-order valence-corrected chi connectivity index (χ4v) is 2.18. The van der Waals surface area contributed by atoms with E-state index in [1.54, 1.807) is 25.1 Å². The molecule has 1 atom stereocenters. The van der Waals surface area contributed by atoms with Gasteiger partial charge in [-0.15, -0.1) is 0 Å². The first-order chi connectivity index (χ1) is 10.5. The smallest absolute Gasteiger partial charge is 0.124 e. The number of aliphatic hydroxyl groups is 1. The van der Waals surface area contributed by atoms with Gasteiger partial charge in [-0.25, -0.2) is 4.39 Å². The minimum Gasteiger partial charge on any atom is -0.489 e. The van der Waals surface area contributed by atoms with E-state index in [9.17, 15) is 9.50 Å². The maximum atomic E-state index is 12.9. The molecule has 0 aliphatic rings. The molecule has 0 aliphatic carbocycles. The Kier molecular flexibility index (Phi) is 6.19. The van der Waals surface area contributed by atoms with Gasteiger partial charge in [0.25, 0.3) is 0 Å². The van der Waals surface area contributed by atoms with Gasteiger partial charge in [0.05, 0.1) is 6.10 Å². The summed E-state index contributed by atoms with van der Waals surface area (Å²) in [5.41, 5.74) is 1.80. The summed E-state index contributed by atoms with van der Waals surface area (Å²) in [5.74, 6) is 0.449. The Bertz CT molecular complexity index is 602. The summed E-state index contributed by atoms with van der Waals surface area (Å²) in [6, 6.07) is 11.6. The number of benzene rings is 2. The van der Waals surface area contributed by atoms with E-state index in [2.05, 4.69) is 5.32 Å². The minimum absolute atomic E-state index is 0.266. The van der Waals surface area contributed by atoms with Crippen LogP contribution in [0.15, 0.2) is 42.5 Å². The van der Waals surface area contributed by atoms with Crippen molar-refractivity contribution in [1.82, 2.24) is 5.32 Å². The van der Waals surface area contributed by atoms with E-state index in [0.717, 1.165) is 11.1 Å². The summed E-state index contributed by atoms with van der Waals surface area (Å²) >= 11 is 6.02. The van der Waals surface area contributed by atoms with Crippen LogP contribution in [0.5, 0.6) is 5.75 Å². The molecule has 22 heavy (non-hydrogen) atoms. The van der Waals surface area contributed by atoms with Crippen LogP contribution in [0.1, 0.15) is 18.1 Å². The Hall–Kier alpha value is -1.62. The lowest BCUT2D eigenvalue weighted by Gasteiger charge is -2.13. The zero-order valence-corrected chi connectivity index (χ0v) is 13.1. The van der Waals surface area contributed by atoms with E-state index in [1.807, 2.05) is 12.1 Å². The van der Waals surface area contributed by atoms with Gasteiger partial charge in [-0.1, -0.05) is 23.7 Å². The minimum atomic E-state index is -0.414. The lowest BCUT2D eigenvalue weighted by molar-refractivity contribution is 0.190. The van der Waals surface area contributed by atoms with Crippen molar-refractivity contribution in [2.24, 2.45) is 0 Å². The highest BCUT2D eigenvalue weighted by atomic mass is 35.5. The largest absolute Gasteiger partial charge is 0.489 e. The average Bonchev–Trinajstić information content (AvgIpc) is 2.48. The van der Waals surface area contributed by atoms with Gasteiger partial charge >= 0.3 is 0 Å². The predicted molar refractivity (Wildman–Crippen MR) is 85.6 cm³/mol. The summed E-state index contributed by atoms with van der Waals surface area (Å²) in [6.07, 6.45) is -0.414. The van der Waals surface area contributed by atoms with Crippen molar-refractivity contribution < 1.29 is 14.2 Å². The Morgan fingerprint density at radius 1 is 1.23 bits per heavy atom. The predicted octanol–water partition coefficient (Wildman–Crippen LogP) is 3.53. The first kappa shape index (κ1) is 16.7. The lowest BCUT2D eigenvalue weighted by Crippen LogP contribution is -2.24. The molecule has 0 spiro atoms. The number of hydrogen-bond acceptors (Lipinski definition) is 3. The van der Waals surface area contributed by atoms with E-state index in [4.69, 9.17) is 16.3 Å². The van der Waals surface area contributed by atoms with E-state index < -0.39 is 6.10 Å². The lowest BCUT2D eigenvalue weighted by atomic mass is 10.2.